The van der Waals surface area contributed by atoms with Crippen LogP contribution in [0.15, 0.2) is 48.5 Å². The molecule has 0 aliphatic rings. The second-order valence-electron chi connectivity index (χ2n) is 5.77. The lowest BCUT2D eigenvalue weighted by Gasteiger charge is -2.05. The summed E-state index contributed by atoms with van der Waals surface area (Å²) in [7, 11) is 0. The molecule has 3 nitrogen and oxygen atoms in total. The van der Waals surface area contributed by atoms with E-state index in [1.165, 1.54) is 29.5 Å². The number of benzene rings is 2. The highest BCUT2D eigenvalue weighted by atomic mass is 35.5. The zero-order chi connectivity index (χ0) is 17.6. The normalized spacial score (nSPS) is 11.2. The smallest absolute Gasteiger partial charge is 0.265 e. The number of nitrogens with one attached hydrogen (secondary N) is 1. The van der Waals surface area contributed by atoms with E-state index < -0.39 is 5.82 Å². The lowest BCUT2D eigenvalue weighted by atomic mass is 10.1. The highest BCUT2D eigenvalue weighted by molar-refractivity contribution is 7.20. The van der Waals surface area contributed by atoms with Crippen LogP contribution in [0.1, 0.15) is 15.2 Å². The molecule has 2 heterocycles. The van der Waals surface area contributed by atoms with Crippen molar-refractivity contribution in [3.63, 3.8) is 0 Å². The molecule has 1 amide bonds. The SMILES string of the molecule is Cc1ccc2cc3cc(C(=O)Nc4ccc(F)cc4Cl)sc3nc2c1. The quantitative estimate of drug-likeness (QED) is 0.484. The Morgan fingerprint density at radius 1 is 1.12 bits per heavy atom. The molecule has 1 N–H and O–H groups in total. The zero-order valence-corrected chi connectivity index (χ0v) is 14.7. The molecule has 2 aromatic carbocycles. The highest BCUT2D eigenvalue weighted by Gasteiger charge is 2.14. The van der Waals surface area contributed by atoms with Gasteiger partial charge in [0.25, 0.3) is 5.91 Å². The molecular formula is C19H12ClFN2OS. The van der Waals surface area contributed by atoms with Crippen LogP contribution in [-0.2, 0) is 0 Å². The molecule has 0 unspecified atom stereocenters. The van der Waals surface area contributed by atoms with Gasteiger partial charge in [0.15, 0.2) is 0 Å². The summed E-state index contributed by atoms with van der Waals surface area (Å²) in [6, 6.07) is 13.8. The number of carbonyl (C=O) groups is 1. The van der Waals surface area contributed by atoms with Crippen LogP contribution in [0.25, 0.3) is 21.1 Å². The van der Waals surface area contributed by atoms with Crippen molar-refractivity contribution in [2.75, 3.05) is 5.32 Å². The Balaban J connectivity index is 1.70. The van der Waals surface area contributed by atoms with E-state index in [4.69, 9.17) is 11.6 Å². The number of carbonyl (C=O) groups excluding carboxylic acids is 1. The Kier molecular flexibility index (Phi) is 3.90. The van der Waals surface area contributed by atoms with Crippen LogP contribution in [0.3, 0.4) is 0 Å². The first-order valence-corrected chi connectivity index (χ1v) is 8.76. The van der Waals surface area contributed by atoms with E-state index in [2.05, 4.69) is 10.3 Å². The standard InChI is InChI=1S/C19H12ClFN2OS/c1-10-2-3-11-7-12-8-17(25-19(12)23-16(11)6-10)18(24)22-15-5-4-13(21)9-14(15)20/h2-9H,1H3,(H,22,24). The molecule has 0 saturated heterocycles. The Morgan fingerprint density at radius 2 is 1.96 bits per heavy atom. The van der Waals surface area contributed by atoms with Crippen molar-refractivity contribution < 1.29 is 9.18 Å². The Hall–Kier alpha value is -2.50. The summed E-state index contributed by atoms with van der Waals surface area (Å²) in [5.74, 6) is -0.743. The third-order valence-electron chi connectivity index (χ3n) is 3.86. The Labute approximate surface area is 152 Å². The molecule has 0 spiro atoms. The number of rotatable bonds is 2. The predicted octanol–water partition coefficient (Wildman–Crippen LogP) is 5.80. The van der Waals surface area contributed by atoms with Crippen LogP contribution in [0, 0.1) is 12.7 Å². The van der Waals surface area contributed by atoms with Crippen LogP contribution in [0.4, 0.5) is 10.1 Å². The number of fused-ring (bicyclic) bond motifs is 2. The minimum Gasteiger partial charge on any atom is -0.320 e. The maximum atomic E-state index is 13.1. The summed E-state index contributed by atoms with van der Waals surface area (Å²) >= 11 is 7.28. The minimum absolute atomic E-state index is 0.161. The number of hydrogen-bond acceptors (Lipinski definition) is 3. The first kappa shape index (κ1) is 16.0. The second-order valence-corrected chi connectivity index (χ2v) is 7.21. The van der Waals surface area contributed by atoms with Crippen molar-refractivity contribution in [1.29, 1.82) is 0 Å². The van der Waals surface area contributed by atoms with Gasteiger partial charge in [-0.05, 0) is 48.9 Å². The molecule has 0 bridgehead atoms. The van der Waals surface area contributed by atoms with Crippen molar-refractivity contribution >= 4 is 55.7 Å². The average molecular weight is 371 g/mol. The maximum Gasteiger partial charge on any atom is 0.265 e. The van der Waals surface area contributed by atoms with Gasteiger partial charge in [-0.25, -0.2) is 9.37 Å². The van der Waals surface area contributed by atoms with Gasteiger partial charge in [0.05, 0.1) is 21.1 Å². The van der Waals surface area contributed by atoms with E-state index in [-0.39, 0.29) is 10.9 Å². The summed E-state index contributed by atoms with van der Waals surface area (Å²) in [6.45, 7) is 2.02. The van der Waals surface area contributed by atoms with Gasteiger partial charge in [0, 0.05) is 10.8 Å². The molecule has 124 valence electrons. The van der Waals surface area contributed by atoms with Gasteiger partial charge in [0.2, 0.25) is 0 Å². The molecule has 0 fully saturated rings. The average Bonchev–Trinajstić information content (AvgIpc) is 2.98. The fourth-order valence-electron chi connectivity index (χ4n) is 2.62. The number of amides is 1. The number of thiophene rings is 1. The number of anilines is 1. The monoisotopic (exact) mass is 370 g/mol. The summed E-state index contributed by atoms with van der Waals surface area (Å²) in [5, 5.41) is 4.82. The molecule has 0 aliphatic heterocycles. The van der Waals surface area contributed by atoms with Crippen molar-refractivity contribution in [3.8, 4) is 0 Å². The van der Waals surface area contributed by atoms with E-state index in [9.17, 15) is 9.18 Å². The van der Waals surface area contributed by atoms with Crippen molar-refractivity contribution in [1.82, 2.24) is 4.98 Å². The molecule has 25 heavy (non-hydrogen) atoms. The van der Waals surface area contributed by atoms with Gasteiger partial charge in [-0.15, -0.1) is 11.3 Å². The van der Waals surface area contributed by atoms with Gasteiger partial charge in [-0.1, -0.05) is 23.7 Å². The van der Waals surface area contributed by atoms with Crippen LogP contribution < -0.4 is 5.32 Å². The summed E-state index contributed by atoms with van der Waals surface area (Å²) in [4.78, 5) is 18.5. The molecule has 0 aliphatic carbocycles. The van der Waals surface area contributed by atoms with Gasteiger partial charge < -0.3 is 5.32 Å². The number of halogens is 2. The fraction of sp³-hybridized carbons (Fsp3) is 0.0526. The summed E-state index contributed by atoms with van der Waals surface area (Å²) in [6.07, 6.45) is 0. The number of aromatic nitrogens is 1. The molecule has 6 heteroatoms. The molecule has 0 radical (unpaired) electrons. The lowest BCUT2D eigenvalue weighted by molar-refractivity contribution is 0.103. The largest absolute Gasteiger partial charge is 0.320 e. The molecule has 2 aromatic heterocycles. The second kappa shape index (κ2) is 6.10. The first-order chi connectivity index (χ1) is 12.0. The number of pyridine rings is 1. The van der Waals surface area contributed by atoms with Gasteiger partial charge >= 0.3 is 0 Å². The number of hydrogen-bond donors (Lipinski definition) is 1. The van der Waals surface area contributed by atoms with Crippen molar-refractivity contribution in [2.45, 2.75) is 6.92 Å². The van der Waals surface area contributed by atoms with E-state index in [0.29, 0.717) is 10.6 Å². The van der Waals surface area contributed by atoms with Crippen LogP contribution >= 0.6 is 22.9 Å². The van der Waals surface area contributed by atoms with E-state index in [1.807, 2.05) is 31.2 Å². The third kappa shape index (κ3) is 3.08. The van der Waals surface area contributed by atoms with Crippen molar-refractivity contribution in [2.24, 2.45) is 0 Å². The van der Waals surface area contributed by atoms with E-state index in [0.717, 1.165) is 26.7 Å². The Bertz CT molecular complexity index is 1140. The predicted molar refractivity (Wildman–Crippen MR) is 101 cm³/mol. The van der Waals surface area contributed by atoms with E-state index >= 15 is 0 Å². The van der Waals surface area contributed by atoms with Crippen LogP contribution in [-0.4, -0.2) is 10.9 Å². The molecule has 0 saturated carbocycles. The summed E-state index contributed by atoms with van der Waals surface area (Å²) < 4.78 is 13.1. The fourth-order valence-corrected chi connectivity index (χ4v) is 3.75. The lowest BCUT2D eigenvalue weighted by Crippen LogP contribution is -2.10. The number of nitrogens with zero attached hydrogens (tertiary/aromatic N) is 1. The summed E-state index contributed by atoms with van der Waals surface area (Å²) in [5.41, 5.74) is 2.42. The Morgan fingerprint density at radius 3 is 2.76 bits per heavy atom. The number of aryl methyl sites for hydroxylation is 1. The van der Waals surface area contributed by atoms with Gasteiger partial charge in [-0.3, -0.25) is 4.79 Å². The van der Waals surface area contributed by atoms with Gasteiger partial charge in [0.1, 0.15) is 10.6 Å². The first-order valence-electron chi connectivity index (χ1n) is 7.57. The maximum absolute atomic E-state index is 13.1. The van der Waals surface area contributed by atoms with Crippen LogP contribution in [0.5, 0.6) is 0 Å². The van der Waals surface area contributed by atoms with E-state index in [1.54, 1.807) is 6.07 Å². The van der Waals surface area contributed by atoms with Gasteiger partial charge in [-0.2, -0.15) is 0 Å². The van der Waals surface area contributed by atoms with Crippen LogP contribution in [0.2, 0.25) is 5.02 Å². The van der Waals surface area contributed by atoms with Crippen molar-refractivity contribution in [3.05, 3.63) is 69.8 Å². The highest BCUT2D eigenvalue weighted by Crippen LogP contribution is 2.29. The molecule has 0 atom stereocenters. The topological polar surface area (TPSA) is 42.0 Å². The zero-order valence-electron chi connectivity index (χ0n) is 13.1. The minimum atomic E-state index is -0.448. The molecule has 4 aromatic rings. The molecule has 4 rings (SSSR count). The third-order valence-corrected chi connectivity index (χ3v) is 5.22. The molecular weight excluding hydrogens is 359 g/mol.